The Morgan fingerprint density at radius 3 is 2.96 bits per heavy atom. The first kappa shape index (κ1) is 16.0. The maximum absolute atomic E-state index is 4.51. The van der Waals surface area contributed by atoms with Crippen LogP contribution in [0.3, 0.4) is 0 Å². The molecule has 1 N–H and O–H groups in total. The van der Waals surface area contributed by atoms with Gasteiger partial charge in [-0.05, 0) is 36.2 Å². The quantitative estimate of drug-likeness (QED) is 0.504. The maximum Gasteiger partial charge on any atom is 0.158 e. The summed E-state index contributed by atoms with van der Waals surface area (Å²) in [6.07, 6.45) is 8.17. The minimum atomic E-state index is 0.685. The van der Waals surface area contributed by atoms with Crippen molar-refractivity contribution in [2.24, 2.45) is 0 Å². The molecule has 0 atom stereocenters. The zero-order valence-corrected chi connectivity index (χ0v) is 15.5. The summed E-state index contributed by atoms with van der Waals surface area (Å²) in [6, 6.07) is 8.31. The first-order chi connectivity index (χ1) is 13.3. The second kappa shape index (κ2) is 6.48. The number of aryl methyl sites for hydroxylation is 1. The van der Waals surface area contributed by atoms with Crippen LogP contribution >= 0.6 is 11.3 Å². The highest BCUT2D eigenvalue weighted by Crippen LogP contribution is 2.26. The largest absolute Gasteiger partial charge is 0.338 e. The van der Waals surface area contributed by atoms with Gasteiger partial charge in [-0.2, -0.15) is 10.2 Å². The molecule has 4 heterocycles. The lowest BCUT2D eigenvalue weighted by Gasteiger charge is -2.09. The van der Waals surface area contributed by atoms with Crippen molar-refractivity contribution >= 4 is 39.3 Å². The Balaban J connectivity index is 1.49. The van der Waals surface area contributed by atoms with Gasteiger partial charge in [0.15, 0.2) is 5.82 Å². The first-order valence-electron chi connectivity index (χ1n) is 8.74. The van der Waals surface area contributed by atoms with Gasteiger partial charge < -0.3 is 5.32 Å². The van der Waals surface area contributed by atoms with Gasteiger partial charge >= 0.3 is 0 Å². The number of aromatic nitrogens is 6. The summed E-state index contributed by atoms with van der Waals surface area (Å²) in [5.74, 6) is 0.807. The van der Waals surface area contributed by atoms with E-state index in [2.05, 4.69) is 56.7 Å². The van der Waals surface area contributed by atoms with E-state index in [9.17, 15) is 0 Å². The number of hydrogen-bond donors (Lipinski definition) is 1. The van der Waals surface area contributed by atoms with Crippen molar-refractivity contribution in [2.45, 2.75) is 19.9 Å². The van der Waals surface area contributed by atoms with Crippen LogP contribution in [0, 0.1) is 0 Å². The van der Waals surface area contributed by atoms with E-state index >= 15 is 0 Å². The zero-order valence-electron chi connectivity index (χ0n) is 14.7. The lowest BCUT2D eigenvalue weighted by molar-refractivity contribution is 0.708. The van der Waals surface area contributed by atoms with Gasteiger partial charge in [0.25, 0.3) is 0 Å². The molecular weight excluding hydrogens is 358 g/mol. The molecule has 0 aliphatic heterocycles. The van der Waals surface area contributed by atoms with Crippen molar-refractivity contribution in [3.63, 3.8) is 0 Å². The number of nitrogens with zero attached hydrogens (tertiary/aromatic N) is 6. The first-order valence-corrected chi connectivity index (χ1v) is 9.62. The van der Waals surface area contributed by atoms with Crippen LogP contribution < -0.4 is 5.32 Å². The van der Waals surface area contributed by atoms with Crippen molar-refractivity contribution in [1.29, 1.82) is 0 Å². The highest BCUT2D eigenvalue weighted by molar-refractivity contribution is 7.09. The molecule has 0 fully saturated rings. The van der Waals surface area contributed by atoms with E-state index in [0.29, 0.717) is 6.54 Å². The number of benzene rings is 1. The van der Waals surface area contributed by atoms with Gasteiger partial charge in [0.05, 0.1) is 18.3 Å². The molecule has 0 unspecified atom stereocenters. The number of rotatable bonds is 5. The normalized spacial score (nSPS) is 11.4. The molecular formula is C19H17N7S. The van der Waals surface area contributed by atoms with E-state index in [-0.39, 0.29) is 0 Å². The molecule has 0 spiro atoms. The Labute approximate surface area is 159 Å². The van der Waals surface area contributed by atoms with Crippen LogP contribution in [0.1, 0.15) is 17.5 Å². The summed E-state index contributed by atoms with van der Waals surface area (Å²) >= 11 is 1.64. The fraction of sp³-hybridized carbons (Fsp3) is 0.158. The number of hydrogen-bond acceptors (Lipinski definition) is 6. The van der Waals surface area contributed by atoms with E-state index in [1.54, 1.807) is 17.7 Å². The van der Waals surface area contributed by atoms with Crippen LogP contribution in [0.5, 0.6) is 0 Å². The summed E-state index contributed by atoms with van der Waals surface area (Å²) < 4.78 is 3.84. The fourth-order valence-corrected chi connectivity index (χ4v) is 3.88. The number of nitrogens with one attached hydrogen (secondary N) is 1. The van der Waals surface area contributed by atoms with Gasteiger partial charge in [-0.1, -0.05) is 6.92 Å². The van der Waals surface area contributed by atoms with Crippen molar-refractivity contribution in [3.8, 4) is 0 Å². The van der Waals surface area contributed by atoms with Crippen molar-refractivity contribution in [1.82, 2.24) is 29.4 Å². The van der Waals surface area contributed by atoms with Crippen molar-refractivity contribution in [2.75, 3.05) is 5.32 Å². The minimum Gasteiger partial charge on any atom is -0.338 e. The van der Waals surface area contributed by atoms with Crippen LogP contribution in [0.15, 0.2) is 54.6 Å². The Morgan fingerprint density at radius 1 is 1.15 bits per heavy atom. The third kappa shape index (κ3) is 2.83. The zero-order chi connectivity index (χ0) is 18.2. The summed E-state index contributed by atoms with van der Waals surface area (Å²) in [5, 5.41) is 16.3. The van der Waals surface area contributed by atoms with Crippen LogP contribution in [-0.4, -0.2) is 29.4 Å². The molecule has 5 rings (SSSR count). The molecule has 0 aliphatic carbocycles. The lowest BCUT2D eigenvalue weighted by Crippen LogP contribution is -2.02. The van der Waals surface area contributed by atoms with E-state index in [4.69, 9.17) is 0 Å². The SMILES string of the molecule is CCc1ccn2ncnc(Nc3ccc4c(cnn4Cc4nccs4)c3)c12. The van der Waals surface area contributed by atoms with Gasteiger partial charge in [-0.25, -0.2) is 14.5 Å². The Kier molecular flexibility index (Phi) is 3.83. The van der Waals surface area contributed by atoms with Gasteiger partial charge in [-0.15, -0.1) is 11.3 Å². The molecule has 5 aromatic rings. The minimum absolute atomic E-state index is 0.685. The summed E-state index contributed by atoms with van der Waals surface area (Å²) in [6.45, 7) is 2.82. The summed E-state index contributed by atoms with van der Waals surface area (Å²) in [7, 11) is 0. The summed E-state index contributed by atoms with van der Waals surface area (Å²) in [4.78, 5) is 8.79. The highest BCUT2D eigenvalue weighted by atomic mass is 32.1. The second-order valence-electron chi connectivity index (χ2n) is 6.22. The van der Waals surface area contributed by atoms with E-state index in [1.165, 1.54) is 5.56 Å². The summed E-state index contributed by atoms with van der Waals surface area (Å²) in [5.41, 5.74) is 4.29. The molecule has 4 aromatic heterocycles. The van der Waals surface area contributed by atoms with Gasteiger partial charge in [0.1, 0.15) is 16.9 Å². The van der Waals surface area contributed by atoms with E-state index in [0.717, 1.165) is 39.4 Å². The molecule has 134 valence electrons. The maximum atomic E-state index is 4.51. The van der Waals surface area contributed by atoms with E-state index in [1.807, 2.05) is 33.2 Å². The standard InChI is InChI=1S/C19H17N7S/c1-2-13-5-7-25-18(13)19(21-12-23-25)24-15-3-4-16-14(9-15)10-22-26(16)11-17-20-6-8-27-17/h3-10,12H,2,11H2,1H3,(H,21,23,24). The monoisotopic (exact) mass is 375 g/mol. The molecule has 0 amide bonds. The number of anilines is 2. The van der Waals surface area contributed by atoms with Gasteiger partial charge in [0, 0.05) is 28.8 Å². The van der Waals surface area contributed by atoms with E-state index < -0.39 is 0 Å². The molecule has 0 saturated heterocycles. The van der Waals surface area contributed by atoms with Crippen LogP contribution in [0.4, 0.5) is 11.5 Å². The molecule has 7 nitrogen and oxygen atoms in total. The van der Waals surface area contributed by atoms with Gasteiger partial charge in [-0.3, -0.25) is 4.68 Å². The smallest absolute Gasteiger partial charge is 0.158 e. The van der Waals surface area contributed by atoms with Crippen LogP contribution in [0.25, 0.3) is 16.4 Å². The van der Waals surface area contributed by atoms with Crippen molar-refractivity contribution in [3.05, 3.63) is 65.1 Å². The average Bonchev–Trinajstić information content (AvgIpc) is 3.42. The molecule has 27 heavy (non-hydrogen) atoms. The highest BCUT2D eigenvalue weighted by Gasteiger charge is 2.10. The Hall–Kier alpha value is -3.26. The molecule has 0 aliphatic rings. The fourth-order valence-electron chi connectivity index (χ4n) is 3.28. The van der Waals surface area contributed by atoms with Crippen LogP contribution in [-0.2, 0) is 13.0 Å². The average molecular weight is 375 g/mol. The Bertz CT molecular complexity index is 1220. The predicted octanol–water partition coefficient (Wildman–Crippen LogP) is 3.89. The van der Waals surface area contributed by atoms with Gasteiger partial charge in [0.2, 0.25) is 0 Å². The molecule has 0 radical (unpaired) electrons. The second-order valence-corrected chi connectivity index (χ2v) is 7.20. The third-order valence-electron chi connectivity index (χ3n) is 4.59. The molecule has 0 bridgehead atoms. The molecule has 0 saturated carbocycles. The topological polar surface area (TPSA) is 72.9 Å². The van der Waals surface area contributed by atoms with Crippen LogP contribution in [0.2, 0.25) is 0 Å². The molecule has 1 aromatic carbocycles. The molecule has 8 heteroatoms. The third-order valence-corrected chi connectivity index (χ3v) is 5.36. The Morgan fingerprint density at radius 2 is 2.11 bits per heavy atom. The number of fused-ring (bicyclic) bond motifs is 2. The number of thiazole rings is 1. The predicted molar refractivity (Wildman–Crippen MR) is 107 cm³/mol. The lowest BCUT2D eigenvalue weighted by atomic mass is 10.2. The van der Waals surface area contributed by atoms with Crippen molar-refractivity contribution < 1.29 is 0 Å².